The van der Waals surface area contributed by atoms with Gasteiger partial charge in [-0.15, -0.1) is 0 Å². The SMILES string of the molecule is Cc1ccc2c(c1)c(C(=O)N[C@@H]1CN3CCC34CC[C@H]14)nn2CC1CC1. The lowest BCUT2D eigenvalue weighted by atomic mass is 9.61. The summed E-state index contributed by atoms with van der Waals surface area (Å²) in [6.07, 6.45) is 6.48. The van der Waals surface area contributed by atoms with E-state index in [0.29, 0.717) is 23.2 Å². The molecule has 2 aliphatic heterocycles. The van der Waals surface area contributed by atoms with Crippen molar-refractivity contribution in [1.82, 2.24) is 20.0 Å². The Labute approximate surface area is 153 Å². The van der Waals surface area contributed by atoms with Crippen molar-refractivity contribution in [2.75, 3.05) is 13.1 Å². The molecule has 0 radical (unpaired) electrons. The van der Waals surface area contributed by atoms with Gasteiger partial charge in [-0.3, -0.25) is 14.4 Å². The zero-order valence-corrected chi connectivity index (χ0v) is 15.4. The third-order valence-electron chi connectivity index (χ3n) is 7.49. The average Bonchev–Trinajstić information content (AvgIpc) is 3.28. The molecule has 5 nitrogen and oxygen atoms in total. The van der Waals surface area contributed by atoms with Crippen LogP contribution in [-0.2, 0) is 6.54 Å². The molecule has 1 aromatic carbocycles. The van der Waals surface area contributed by atoms with Crippen molar-refractivity contribution in [3.8, 4) is 0 Å². The van der Waals surface area contributed by atoms with Crippen LogP contribution in [0.4, 0.5) is 0 Å². The summed E-state index contributed by atoms with van der Waals surface area (Å²) in [7, 11) is 0. The molecule has 2 saturated heterocycles. The third kappa shape index (κ3) is 2.01. The molecule has 6 rings (SSSR count). The smallest absolute Gasteiger partial charge is 0.272 e. The Kier molecular flexibility index (Phi) is 2.98. The molecule has 4 aliphatic rings. The monoisotopic (exact) mass is 350 g/mol. The van der Waals surface area contributed by atoms with E-state index < -0.39 is 0 Å². The van der Waals surface area contributed by atoms with Gasteiger partial charge < -0.3 is 5.32 Å². The zero-order valence-electron chi connectivity index (χ0n) is 15.4. The number of aromatic nitrogens is 2. The topological polar surface area (TPSA) is 50.2 Å². The Morgan fingerprint density at radius 3 is 2.85 bits per heavy atom. The minimum atomic E-state index is 0.0182. The zero-order chi connectivity index (χ0) is 17.5. The van der Waals surface area contributed by atoms with Crippen LogP contribution < -0.4 is 5.32 Å². The predicted molar refractivity (Wildman–Crippen MR) is 100 cm³/mol. The van der Waals surface area contributed by atoms with Crippen molar-refractivity contribution in [2.24, 2.45) is 11.8 Å². The van der Waals surface area contributed by atoms with Crippen LogP contribution in [0.15, 0.2) is 18.2 Å². The van der Waals surface area contributed by atoms with Crippen LogP contribution in [0.2, 0.25) is 0 Å². The number of carbonyl (C=O) groups is 1. The summed E-state index contributed by atoms with van der Waals surface area (Å²) in [5, 5.41) is 9.12. The Bertz CT molecular complexity index is 910. The molecule has 1 N–H and O–H groups in total. The summed E-state index contributed by atoms with van der Waals surface area (Å²) in [6.45, 7) is 5.26. The van der Waals surface area contributed by atoms with E-state index in [4.69, 9.17) is 5.10 Å². The fraction of sp³-hybridized carbons (Fsp3) is 0.619. The molecule has 1 amide bonds. The standard InChI is InChI=1S/C21H26N4O/c1-13-2-5-18-15(10-13)19(23-25(18)11-14-3-4-14)20(26)22-17-12-24-9-8-21(24)7-6-16(17)21/h2,5,10,14,16-17H,3-4,6-9,11-12H2,1H3,(H,22,26)/t16-,17-,21?/m1/s1. The molecule has 2 aromatic rings. The number of hydrogen-bond donors (Lipinski definition) is 1. The highest BCUT2D eigenvalue weighted by atomic mass is 16.2. The van der Waals surface area contributed by atoms with Gasteiger partial charge in [0.05, 0.1) is 5.52 Å². The van der Waals surface area contributed by atoms with Crippen molar-refractivity contribution < 1.29 is 4.79 Å². The lowest BCUT2D eigenvalue weighted by Gasteiger charge is -2.58. The van der Waals surface area contributed by atoms with Crippen LogP contribution in [0.25, 0.3) is 10.9 Å². The average molecular weight is 350 g/mol. The number of benzene rings is 1. The maximum absolute atomic E-state index is 13.1. The van der Waals surface area contributed by atoms with E-state index in [-0.39, 0.29) is 5.91 Å². The van der Waals surface area contributed by atoms with Crippen LogP contribution in [-0.4, -0.2) is 45.3 Å². The van der Waals surface area contributed by atoms with Gasteiger partial charge in [-0.25, -0.2) is 0 Å². The second-order valence-corrected chi connectivity index (χ2v) is 9.02. The number of rotatable bonds is 4. The third-order valence-corrected chi connectivity index (χ3v) is 7.49. The normalized spacial score (nSPS) is 32.7. The minimum Gasteiger partial charge on any atom is -0.346 e. The second kappa shape index (κ2) is 5.10. The fourth-order valence-corrected chi connectivity index (χ4v) is 5.65. The summed E-state index contributed by atoms with van der Waals surface area (Å²) < 4.78 is 2.06. The van der Waals surface area contributed by atoms with Crippen LogP contribution in [0, 0.1) is 18.8 Å². The Balaban J connectivity index is 1.31. The van der Waals surface area contributed by atoms with Gasteiger partial charge in [0.25, 0.3) is 5.91 Å². The maximum atomic E-state index is 13.1. The fourth-order valence-electron chi connectivity index (χ4n) is 5.65. The summed E-state index contributed by atoms with van der Waals surface area (Å²) >= 11 is 0. The highest BCUT2D eigenvalue weighted by Crippen LogP contribution is 2.57. The number of nitrogens with one attached hydrogen (secondary N) is 1. The van der Waals surface area contributed by atoms with Crippen molar-refractivity contribution in [1.29, 1.82) is 0 Å². The lowest BCUT2D eigenvalue weighted by Crippen LogP contribution is -2.64. The molecule has 4 fully saturated rings. The molecule has 2 saturated carbocycles. The van der Waals surface area contributed by atoms with Gasteiger partial charge in [0.2, 0.25) is 0 Å². The largest absolute Gasteiger partial charge is 0.346 e. The Morgan fingerprint density at radius 1 is 1.31 bits per heavy atom. The quantitative estimate of drug-likeness (QED) is 0.922. The summed E-state index contributed by atoms with van der Waals surface area (Å²) in [5.74, 6) is 1.41. The van der Waals surface area contributed by atoms with Crippen molar-refractivity contribution >= 4 is 16.8 Å². The van der Waals surface area contributed by atoms with Gasteiger partial charge in [-0.05, 0) is 63.0 Å². The predicted octanol–water partition coefficient (Wildman–Crippen LogP) is 2.72. The van der Waals surface area contributed by atoms with Gasteiger partial charge >= 0.3 is 0 Å². The second-order valence-electron chi connectivity index (χ2n) is 9.02. The van der Waals surface area contributed by atoms with Crippen molar-refractivity contribution in [3.63, 3.8) is 0 Å². The van der Waals surface area contributed by atoms with E-state index in [0.717, 1.165) is 29.9 Å². The molecule has 3 atom stereocenters. The van der Waals surface area contributed by atoms with Crippen LogP contribution in [0.5, 0.6) is 0 Å². The number of hydrogen-bond acceptors (Lipinski definition) is 3. The highest BCUT2D eigenvalue weighted by Gasteiger charge is 2.63. The maximum Gasteiger partial charge on any atom is 0.272 e. The Hall–Kier alpha value is -1.88. The first-order valence-electron chi connectivity index (χ1n) is 10.2. The molecule has 2 aliphatic carbocycles. The molecular formula is C21H26N4O. The van der Waals surface area contributed by atoms with E-state index in [9.17, 15) is 4.79 Å². The number of fused-ring (bicyclic) bond motifs is 1. The van der Waals surface area contributed by atoms with E-state index in [2.05, 4.69) is 40.0 Å². The number of nitrogens with zero attached hydrogens (tertiary/aromatic N) is 3. The van der Waals surface area contributed by atoms with E-state index >= 15 is 0 Å². The molecule has 0 bridgehead atoms. The first-order valence-corrected chi connectivity index (χ1v) is 10.2. The van der Waals surface area contributed by atoms with Crippen molar-refractivity contribution in [2.45, 2.75) is 57.2 Å². The minimum absolute atomic E-state index is 0.0182. The summed E-state index contributed by atoms with van der Waals surface area (Å²) in [5.41, 5.74) is 3.34. The van der Waals surface area contributed by atoms with E-state index in [1.807, 2.05) is 0 Å². The molecule has 5 heteroatoms. The lowest BCUT2D eigenvalue weighted by molar-refractivity contribution is -0.0676. The highest BCUT2D eigenvalue weighted by molar-refractivity contribution is 6.05. The van der Waals surface area contributed by atoms with E-state index in [1.165, 1.54) is 44.2 Å². The number of aryl methyl sites for hydroxylation is 1. The molecule has 1 aromatic heterocycles. The van der Waals surface area contributed by atoms with Crippen LogP contribution >= 0.6 is 0 Å². The first kappa shape index (κ1) is 15.2. The van der Waals surface area contributed by atoms with Gasteiger partial charge in [0, 0.05) is 36.6 Å². The molecular weight excluding hydrogens is 324 g/mol. The van der Waals surface area contributed by atoms with Gasteiger partial charge in [-0.2, -0.15) is 5.10 Å². The molecule has 1 unspecified atom stereocenters. The summed E-state index contributed by atoms with van der Waals surface area (Å²) in [4.78, 5) is 15.7. The number of carbonyl (C=O) groups excluding carboxylic acids is 1. The molecule has 136 valence electrons. The molecule has 26 heavy (non-hydrogen) atoms. The molecule has 3 heterocycles. The van der Waals surface area contributed by atoms with Crippen molar-refractivity contribution in [3.05, 3.63) is 29.5 Å². The first-order chi connectivity index (χ1) is 12.6. The van der Waals surface area contributed by atoms with E-state index in [1.54, 1.807) is 0 Å². The van der Waals surface area contributed by atoms with Gasteiger partial charge in [-0.1, -0.05) is 11.6 Å². The van der Waals surface area contributed by atoms with Gasteiger partial charge in [0.1, 0.15) is 0 Å². The van der Waals surface area contributed by atoms with Gasteiger partial charge in [0.15, 0.2) is 5.69 Å². The summed E-state index contributed by atoms with van der Waals surface area (Å²) in [6, 6.07) is 6.66. The Morgan fingerprint density at radius 2 is 2.19 bits per heavy atom. The van der Waals surface area contributed by atoms with Crippen LogP contribution in [0.3, 0.4) is 0 Å². The van der Waals surface area contributed by atoms with Crippen LogP contribution in [0.1, 0.15) is 48.2 Å². The molecule has 1 spiro atoms. The number of amides is 1.